The Morgan fingerprint density at radius 2 is 1.95 bits per heavy atom. The number of nitriles is 1. The number of nitrogens with one attached hydrogen (secondary N) is 1. The highest BCUT2D eigenvalue weighted by atomic mass is 19.2. The molecule has 0 aliphatic heterocycles. The molecule has 3 nitrogen and oxygen atoms in total. The third-order valence-electron chi connectivity index (χ3n) is 2.76. The second-order valence-corrected chi connectivity index (χ2v) is 4.21. The van der Waals surface area contributed by atoms with E-state index in [2.05, 4.69) is 5.32 Å². The first-order chi connectivity index (χ1) is 9.02. The highest BCUT2D eigenvalue weighted by molar-refractivity contribution is 5.50. The fourth-order valence-electron chi connectivity index (χ4n) is 1.74. The molecule has 5 heteroatoms. The zero-order valence-corrected chi connectivity index (χ0v) is 10.5. The van der Waals surface area contributed by atoms with Crippen LogP contribution in [-0.2, 0) is 0 Å². The molecule has 0 amide bonds. The Morgan fingerprint density at radius 3 is 2.53 bits per heavy atom. The topological polar surface area (TPSA) is 49.0 Å². The number of nitrogens with zero attached hydrogens (tertiary/aromatic N) is 1. The molecule has 0 radical (unpaired) electrons. The van der Waals surface area contributed by atoms with Gasteiger partial charge in [-0.2, -0.15) is 5.26 Å². The Morgan fingerprint density at radius 1 is 1.21 bits per heavy atom. The van der Waals surface area contributed by atoms with Gasteiger partial charge in [0.05, 0.1) is 17.3 Å². The molecule has 1 aromatic heterocycles. The largest absolute Gasteiger partial charge is 0.464 e. The Kier molecular flexibility index (Phi) is 3.52. The lowest BCUT2D eigenvalue weighted by Gasteiger charge is -2.14. The van der Waals surface area contributed by atoms with Gasteiger partial charge in [-0.3, -0.25) is 0 Å². The lowest BCUT2D eigenvalue weighted by Crippen LogP contribution is -2.08. The molecule has 0 fully saturated rings. The predicted molar refractivity (Wildman–Crippen MR) is 66.6 cm³/mol. The van der Waals surface area contributed by atoms with E-state index in [1.54, 1.807) is 32.0 Å². The molecule has 0 spiro atoms. The quantitative estimate of drug-likeness (QED) is 0.912. The zero-order chi connectivity index (χ0) is 14.0. The van der Waals surface area contributed by atoms with Crippen LogP contribution in [0.25, 0.3) is 0 Å². The van der Waals surface area contributed by atoms with Gasteiger partial charge in [-0.15, -0.1) is 0 Å². The molecule has 1 heterocycles. The average Bonchev–Trinajstić information content (AvgIpc) is 2.82. The Labute approximate surface area is 109 Å². The lowest BCUT2D eigenvalue weighted by molar-refractivity contribution is 0.464. The van der Waals surface area contributed by atoms with Crippen molar-refractivity contribution < 1.29 is 13.2 Å². The summed E-state index contributed by atoms with van der Waals surface area (Å²) in [5.74, 6) is -0.832. The summed E-state index contributed by atoms with van der Waals surface area (Å²) in [7, 11) is 0. The lowest BCUT2D eigenvalue weighted by atomic mass is 10.1. The summed E-state index contributed by atoms with van der Waals surface area (Å²) in [5, 5.41) is 11.4. The molecular formula is C14H12F2N2O. The van der Waals surface area contributed by atoms with E-state index in [0.717, 1.165) is 5.76 Å². The fourth-order valence-corrected chi connectivity index (χ4v) is 1.74. The van der Waals surface area contributed by atoms with Crippen molar-refractivity contribution >= 4 is 5.69 Å². The molecule has 19 heavy (non-hydrogen) atoms. The number of furan rings is 1. The smallest absolute Gasteiger partial charge is 0.183 e. The Balaban J connectivity index is 2.25. The molecule has 0 aliphatic carbocycles. The van der Waals surface area contributed by atoms with E-state index in [-0.39, 0.29) is 17.3 Å². The van der Waals surface area contributed by atoms with Crippen molar-refractivity contribution in [3.8, 4) is 6.07 Å². The zero-order valence-electron chi connectivity index (χ0n) is 10.5. The number of anilines is 1. The van der Waals surface area contributed by atoms with Crippen molar-refractivity contribution in [1.29, 1.82) is 5.26 Å². The molecule has 1 aromatic carbocycles. The van der Waals surface area contributed by atoms with Gasteiger partial charge in [0.1, 0.15) is 17.6 Å². The molecule has 1 unspecified atom stereocenters. The summed E-state index contributed by atoms with van der Waals surface area (Å²) >= 11 is 0. The maximum Gasteiger partial charge on any atom is 0.183 e. The van der Waals surface area contributed by atoms with Gasteiger partial charge in [-0.25, -0.2) is 8.78 Å². The minimum atomic E-state index is -1.14. The standard InChI is InChI=1S/C14H12F2N2O/c1-8-3-6-12(19-8)9(2)18-11-5-4-10(7-17)13(15)14(11)16/h3-6,9,18H,1-2H3. The highest BCUT2D eigenvalue weighted by Crippen LogP contribution is 2.25. The fraction of sp³-hybridized carbons (Fsp3) is 0.214. The molecule has 0 aliphatic rings. The van der Waals surface area contributed by atoms with Crippen molar-refractivity contribution in [2.75, 3.05) is 5.32 Å². The number of hydrogen-bond donors (Lipinski definition) is 1. The van der Waals surface area contributed by atoms with Crippen molar-refractivity contribution in [3.05, 3.63) is 53.0 Å². The normalized spacial score (nSPS) is 11.9. The third-order valence-corrected chi connectivity index (χ3v) is 2.76. The van der Waals surface area contributed by atoms with E-state index in [1.807, 2.05) is 0 Å². The van der Waals surface area contributed by atoms with Crippen LogP contribution in [0.5, 0.6) is 0 Å². The van der Waals surface area contributed by atoms with Crippen LogP contribution in [0.15, 0.2) is 28.7 Å². The van der Waals surface area contributed by atoms with Gasteiger partial charge in [0, 0.05) is 0 Å². The second kappa shape index (κ2) is 5.11. The molecule has 2 aromatic rings. The summed E-state index contributed by atoms with van der Waals surface area (Å²) in [6.07, 6.45) is 0. The van der Waals surface area contributed by atoms with Gasteiger partial charge < -0.3 is 9.73 Å². The molecule has 0 saturated carbocycles. The number of rotatable bonds is 3. The van der Waals surface area contributed by atoms with E-state index in [0.29, 0.717) is 5.76 Å². The van der Waals surface area contributed by atoms with Crippen molar-refractivity contribution in [2.24, 2.45) is 0 Å². The van der Waals surface area contributed by atoms with Crippen molar-refractivity contribution in [3.63, 3.8) is 0 Å². The van der Waals surface area contributed by atoms with Gasteiger partial charge >= 0.3 is 0 Å². The average molecular weight is 262 g/mol. The first kappa shape index (κ1) is 13.1. The predicted octanol–water partition coefficient (Wildman–Crippen LogP) is 3.91. The highest BCUT2D eigenvalue weighted by Gasteiger charge is 2.16. The Bertz CT molecular complexity index is 643. The van der Waals surface area contributed by atoms with Crippen molar-refractivity contribution in [1.82, 2.24) is 0 Å². The summed E-state index contributed by atoms with van der Waals surface area (Å²) in [6, 6.07) is 7.42. The van der Waals surface area contributed by atoms with Crippen LogP contribution in [-0.4, -0.2) is 0 Å². The van der Waals surface area contributed by atoms with Crippen LogP contribution < -0.4 is 5.32 Å². The molecule has 0 saturated heterocycles. The maximum absolute atomic E-state index is 13.7. The monoisotopic (exact) mass is 262 g/mol. The minimum Gasteiger partial charge on any atom is -0.464 e. The molecule has 0 bridgehead atoms. The molecule has 98 valence electrons. The van der Waals surface area contributed by atoms with Crippen LogP contribution in [0.1, 0.15) is 30.0 Å². The Hall–Kier alpha value is -2.35. The van der Waals surface area contributed by atoms with Gasteiger partial charge in [-0.05, 0) is 38.1 Å². The second-order valence-electron chi connectivity index (χ2n) is 4.21. The number of halogens is 2. The maximum atomic E-state index is 13.7. The van der Waals surface area contributed by atoms with Crippen LogP contribution in [0.3, 0.4) is 0 Å². The van der Waals surface area contributed by atoms with Gasteiger partial charge in [0.2, 0.25) is 0 Å². The van der Waals surface area contributed by atoms with E-state index in [1.165, 1.54) is 12.1 Å². The van der Waals surface area contributed by atoms with E-state index < -0.39 is 11.6 Å². The summed E-state index contributed by atoms with van der Waals surface area (Å²) < 4.78 is 32.6. The van der Waals surface area contributed by atoms with Crippen molar-refractivity contribution in [2.45, 2.75) is 19.9 Å². The first-order valence-electron chi connectivity index (χ1n) is 5.74. The third kappa shape index (κ3) is 2.58. The molecular weight excluding hydrogens is 250 g/mol. The molecule has 2 rings (SSSR count). The van der Waals surface area contributed by atoms with Gasteiger partial charge in [-0.1, -0.05) is 0 Å². The summed E-state index contributed by atoms with van der Waals surface area (Å²) in [5.41, 5.74) is -0.317. The van der Waals surface area contributed by atoms with E-state index in [4.69, 9.17) is 9.68 Å². The van der Waals surface area contributed by atoms with Crippen LogP contribution in [0.2, 0.25) is 0 Å². The SMILES string of the molecule is Cc1ccc(C(C)Nc2ccc(C#N)c(F)c2F)o1. The van der Waals surface area contributed by atoms with Crippen LogP contribution >= 0.6 is 0 Å². The number of hydrogen-bond acceptors (Lipinski definition) is 3. The summed E-state index contributed by atoms with van der Waals surface area (Å²) in [4.78, 5) is 0. The molecule has 1 N–H and O–H groups in total. The van der Waals surface area contributed by atoms with Gasteiger partial charge in [0.25, 0.3) is 0 Å². The molecule has 1 atom stereocenters. The summed E-state index contributed by atoms with van der Waals surface area (Å²) in [6.45, 7) is 3.58. The van der Waals surface area contributed by atoms with Crippen LogP contribution in [0.4, 0.5) is 14.5 Å². The number of benzene rings is 1. The van der Waals surface area contributed by atoms with Crippen LogP contribution in [0, 0.1) is 29.9 Å². The minimum absolute atomic E-state index is 0.00180. The van der Waals surface area contributed by atoms with E-state index in [9.17, 15) is 8.78 Å². The van der Waals surface area contributed by atoms with E-state index >= 15 is 0 Å². The van der Waals surface area contributed by atoms with Gasteiger partial charge in [0.15, 0.2) is 11.6 Å². The number of aryl methyl sites for hydroxylation is 1. The first-order valence-corrected chi connectivity index (χ1v) is 5.74.